The second kappa shape index (κ2) is 8.89. The summed E-state index contributed by atoms with van der Waals surface area (Å²) >= 11 is 1.38. The molecule has 1 aromatic carbocycles. The smallest absolute Gasteiger partial charge is 0.319 e. The molecule has 1 aliphatic rings. The number of likely N-dealkylation sites (N-methyl/N-ethyl adjacent to an activating group) is 1. The van der Waals surface area contributed by atoms with Gasteiger partial charge in [0.05, 0.1) is 6.54 Å². The van der Waals surface area contributed by atoms with Gasteiger partial charge in [-0.3, -0.25) is 14.4 Å². The van der Waals surface area contributed by atoms with Crippen molar-refractivity contribution >= 4 is 29.5 Å². The number of nitrogens with zero attached hydrogens (tertiary/aromatic N) is 1. The first-order chi connectivity index (χ1) is 11.8. The molecule has 0 saturated heterocycles. The molecule has 2 rings (SSSR count). The molecule has 0 heterocycles. The third-order valence-electron chi connectivity index (χ3n) is 3.75. The van der Waals surface area contributed by atoms with Gasteiger partial charge < -0.3 is 15.0 Å². The lowest BCUT2D eigenvalue weighted by atomic mass is 10.2. The molecule has 0 aromatic heterocycles. The van der Waals surface area contributed by atoms with Gasteiger partial charge in [-0.05, 0) is 38.8 Å². The third kappa shape index (κ3) is 6.78. The normalized spacial score (nSPS) is 14.5. The molecule has 0 radical (unpaired) electrons. The zero-order valence-electron chi connectivity index (χ0n) is 14.8. The molecule has 1 saturated carbocycles. The van der Waals surface area contributed by atoms with Crippen LogP contribution in [-0.2, 0) is 19.1 Å². The van der Waals surface area contributed by atoms with Gasteiger partial charge in [0, 0.05) is 18.0 Å². The fourth-order valence-corrected chi connectivity index (χ4v) is 2.90. The second-order valence-corrected chi connectivity index (χ2v) is 7.69. The number of rotatable bonds is 8. The molecule has 2 amide bonds. The summed E-state index contributed by atoms with van der Waals surface area (Å²) in [7, 11) is 1.52. The van der Waals surface area contributed by atoms with Crippen LogP contribution >= 0.6 is 11.8 Å². The van der Waals surface area contributed by atoms with Crippen LogP contribution in [-0.4, -0.2) is 54.2 Å². The minimum absolute atomic E-state index is 0.0272. The summed E-state index contributed by atoms with van der Waals surface area (Å²) in [6, 6.07) is 8.10. The molecule has 1 fully saturated rings. The zero-order chi connectivity index (χ0) is 18.4. The van der Waals surface area contributed by atoms with Crippen molar-refractivity contribution in [3.05, 3.63) is 29.8 Å². The van der Waals surface area contributed by atoms with Crippen molar-refractivity contribution < 1.29 is 19.1 Å². The van der Waals surface area contributed by atoms with Crippen LogP contribution in [0.3, 0.4) is 0 Å². The van der Waals surface area contributed by atoms with Gasteiger partial charge in [-0.1, -0.05) is 17.7 Å². The molecule has 6 nitrogen and oxygen atoms in total. The summed E-state index contributed by atoms with van der Waals surface area (Å²) in [6.45, 7) is 3.36. The summed E-state index contributed by atoms with van der Waals surface area (Å²) in [4.78, 5) is 37.9. The highest BCUT2D eigenvalue weighted by Gasteiger charge is 2.25. The van der Waals surface area contributed by atoms with Crippen LogP contribution in [0.1, 0.15) is 25.3 Å². The summed E-state index contributed by atoms with van der Waals surface area (Å²) in [5.74, 6) is -1.03. The molecule has 0 unspecified atom stereocenters. The van der Waals surface area contributed by atoms with E-state index in [0.717, 1.165) is 23.3 Å². The summed E-state index contributed by atoms with van der Waals surface area (Å²) in [5.41, 5.74) is 1.15. The minimum Gasteiger partial charge on any atom is -0.455 e. The van der Waals surface area contributed by atoms with E-state index in [4.69, 9.17) is 4.74 Å². The Kier molecular flexibility index (Phi) is 6.87. The predicted molar refractivity (Wildman–Crippen MR) is 96.3 cm³/mol. The van der Waals surface area contributed by atoms with Crippen molar-refractivity contribution in [1.82, 2.24) is 10.2 Å². The lowest BCUT2D eigenvalue weighted by molar-refractivity contribution is -0.151. The average molecular weight is 364 g/mol. The standard InChI is InChI=1S/C18H24N2O4S/c1-12-4-8-15(9-5-12)25-13(2)18(23)24-11-17(22)20(3)10-16(21)19-14-6-7-14/h4-5,8-9,13-14H,6-7,10-11H2,1-3H3,(H,19,21)/t13-/m1/s1. The number of nitrogens with one attached hydrogen (secondary N) is 1. The first-order valence-electron chi connectivity index (χ1n) is 8.28. The Hall–Kier alpha value is -2.02. The maximum Gasteiger partial charge on any atom is 0.319 e. The first kappa shape index (κ1) is 19.3. The Bertz CT molecular complexity index is 628. The minimum atomic E-state index is -0.449. The molecule has 1 atom stereocenters. The first-order valence-corrected chi connectivity index (χ1v) is 9.16. The Labute approximate surface area is 152 Å². The van der Waals surface area contributed by atoms with E-state index < -0.39 is 17.1 Å². The molecular formula is C18H24N2O4S. The van der Waals surface area contributed by atoms with Crippen LogP contribution in [0.2, 0.25) is 0 Å². The highest BCUT2D eigenvalue weighted by atomic mass is 32.2. The van der Waals surface area contributed by atoms with E-state index in [2.05, 4.69) is 5.32 Å². The number of carbonyl (C=O) groups excluding carboxylic acids is 3. The van der Waals surface area contributed by atoms with Crippen LogP contribution in [0, 0.1) is 6.92 Å². The topological polar surface area (TPSA) is 75.7 Å². The van der Waals surface area contributed by atoms with Gasteiger partial charge in [-0.2, -0.15) is 0 Å². The SMILES string of the molecule is Cc1ccc(S[C@H](C)C(=O)OCC(=O)N(C)CC(=O)NC2CC2)cc1. The lowest BCUT2D eigenvalue weighted by Crippen LogP contribution is -2.41. The third-order valence-corrected chi connectivity index (χ3v) is 4.84. The highest BCUT2D eigenvalue weighted by molar-refractivity contribution is 8.00. The van der Waals surface area contributed by atoms with Crippen LogP contribution in [0.15, 0.2) is 29.2 Å². The number of benzene rings is 1. The van der Waals surface area contributed by atoms with Gasteiger partial charge in [0.1, 0.15) is 5.25 Å². The Balaban J connectivity index is 1.70. The monoisotopic (exact) mass is 364 g/mol. The second-order valence-electron chi connectivity index (χ2n) is 6.27. The molecular weight excluding hydrogens is 340 g/mol. The largest absolute Gasteiger partial charge is 0.455 e. The Morgan fingerprint density at radius 2 is 1.92 bits per heavy atom. The molecule has 25 heavy (non-hydrogen) atoms. The average Bonchev–Trinajstić information content (AvgIpc) is 3.37. The van der Waals surface area contributed by atoms with Gasteiger partial charge in [0.25, 0.3) is 5.91 Å². The number of hydrogen-bond acceptors (Lipinski definition) is 5. The number of hydrogen-bond donors (Lipinski definition) is 1. The van der Waals surface area contributed by atoms with Crippen molar-refractivity contribution in [3.8, 4) is 0 Å². The van der Waals surface area contributed by atoms with Crippen molar-refractivity contribution in [1.29, 1.82) is 0 Å². The Morgan fingerprint density at radius 3 is 2.52 bits per heavy atom. The highest BCUT2D eigenvalue weighted by Crippen LogP contribution is 2.24. The number of aryl methyl sites for hydroxylation is 1. The van der Waals surface area contributed by atoms with Crippen LogP contribution in [0.5, 0.6) is 0 Å². The number of amides is 2. The fourth-order valence-electron chi connectivity index (χ4n) is 2.03. The van der Waals surface area contributed by atoms with E-state index in [0.29, 0.717) is 0 Å². The van der Waals surface area contributed by atoms with Gasteiger partial charge >= 0.3 is 5.97 Å². The van der Waals surface area contributed by atoms with Crippen molar-refractivity contribution in [2.75, 3.05) is 20.2 Å². The van der Waals surface area contributed by atoms with E-state index >= 15 is 0 Å². The van der Waals surface area contributed by atoms with E-state index in [-0.39, 0.29) is 25.1 Å². The summed E-state index contributed by atoms with van der Waals surface area (Å²) in [5, 5.41) is 2.39. The molecule has 0 bridgehead atoms. The molecule has 1 N–H and O–H groups in total. The molecule has 1 aromatic rings. The molecule has 136 valence electrons. The van der Waals surface area contributed by atoms with Crippen molar-refractivity contribution in [2.45, 2.75) is 42.9 Å². The maximum absolute atomic E-state index is 12.0. The van der Waals surface area contributed by atoms with Crippen LogP contribution < -0.4 is 5.32 Å². The number of ether oxygens (including phenoxy) is 1. The number of carbonyl (C=O) groups is 3. The van der Waals surface area contributed by atoms with Crippen molar-refractivity contribution in [2.24, 2.45) is 0 Å². The van der Waals surface area contributed by atoms with E-state index in [1.54, 1.807) is 6.92 Å². The van der Waals surface area contributed by atoms with Crippen LogP contribution in [0.4, 0.5) is 0 Å². The van der Waals surface area contributed by atoms with Crippen molar-refractivity contribution in [3.63, 3.8) is 0 Å². The van der Waals surface area contributed by atoms with E-state index in [1.807, 2.05) is 31.2 Å². The molecule has 7 heteroatoms. The van der Waals surface area contributed by atoms with E-state index in [1.165, 1.54) is 23.7 Å². The summed E-state index contributed by atoms with van der Waals surface area (Å²) in [6.07, 6.45) is 2.00. The quantitative estimate of drug-likeness (QED) is 0.562. The lowest BCUT2D eigenvalue weighted by Gasteiger charge is -2.17. The Morgan fingerprint density at radius 1 is 1.28 bits per heavy atom. The van der Waals surface area contributed by atoms with Gasteiger partial charge in [-0.15, -0.1) is 11.8 Å². The fraction of sp³-hybridized carbons (Fsp3) is 0.500. The van der Waals surface area contributed by atoms with Gasteiger partial charge in [0.15, 0.2) is 6.61 Å². The predicted octanol–water partition coefficient (Wildman–Crippen LogP) is 1.76. The molecule has 0 aliphatic heterocycles. The van der Waals surface area contributed by atoms with Crippen LogP contribution in [0.25, 0.3) is 0 Å². The van der Waals surface area contributed by atoms with Gasteiger partial charge in [0.2, 0.25) is 5.91 Å². The zero-order valence-corrected chi connectivity index (χ0v) is 15.6. The molecule has 1 aliphatic carbocycles. The summed E-state index contributed by atoms with van der Waals surface area (Å²) < 4.78 is 5.08. The maximum atomic E-state index is 12.0. The number of thioether (sulfide) groups is 1. The van der Waals surface area contributed by atoms with Gasteiger partial charge in [-0.25, -0.2) is 0 Å². The van der Waals surface area contributed by atoms with E-state index in [9.17, 15) is 14.4 Å². The molecule has 0 spiro atoms. The number of esters is 1.